The van der Waals surface area contributed by atoms with Gasteiger partial charge in [-0.05, 0) is 63.1 Å². The van der Waals surface area contributed by atoms with Crippen LogP contribution in [0.1, 0.15) is 31.9 Å². The highest BCUT2D eigenvalue weighted by molar-refractivity contribution is 6.15. The number of phenols is 2. The third-order valence-electron chi connectivity index (χ3n) is 6.84. The van der Waals surface area contributed by atoms with Crippen molar-refractivity contribution in [1.82, 2.24) is 10.2 Å². The molecule has 2 aromatic rings. The molecule has 3 amide bonds. The molecule has 172 valence electrons. The van der Waals surface area contributed by atoms with Crippen LogP contribution in [0.5, 0.6) is 11.5 Å². The Bertz CT molecular complexity index is 1220. The van der Waals surface area contributed by atoms with Gasteiger partial charge in [0.05, 0.1) is 11.8 Å². The minimum atomic E-state index is -1.60. The molecule has 3 aliphatic rings. The van der Waals surface area contributed by atoms with Crippen LogP contribution in [-0.2, 0) is 26.3 Å². The smallest absolute Gasteiger partial charge is 0.250 e. The van der Waals surface area contributed by atoms with E-state index in [1.807, 2.05) is 0 Å². The number of hydrogen-bond acceptors (Lipinski definition) is 6. The van der Waals surface area contributed by atoms with E-state index in [-0.39, 0.29) is 17.9 Å². The number of carbonyl (C=O) groups is 3. The zero-order valence-corrected chi connectivity index (χ0v) is 18.3. The number of nitrogens with zero attached hydrogens (tertiary/aromatic N) is 1. The minimum absolute atomic E-state index is 0.200. The second-order valence-electron chi connectivity index (χ2n) is 9.92. The van der Waals surface area contributed by atoms with Crippen LogP contribution in [0.4, 0.5) is 10.1 Å². The number of amides is 3. The first-order chi connectivity index (χ1) is 15.4. The Labute approximate surface area is 189 Å². The van der Waals surface area contributed by atoms with Gasteiger partial charge in [0.1, 0.15) is 11.4 Å². The van der Waals surface area contributed by atoms with Crippen molar-refractivity contribution in [3.63, 3.8) is 0 Å². The van der Waals surface area contributed by atoms with Crippen molar-refractivity contribution >= 4 is 23.4 Å². The summed E-state index contributed by atoms with van der Waals surface area (Å²) in [5.74, 6) is -4.45. The lowest BCUT2D eigenvalue weighted by Crippen LogP contribution is -2.56. The number of carbonyl (C=O) groups excluding carboxylic acids is 3. The van der Waals surface area contributed by atoms with Crippen molar-refractivity contribution in [2.75, 3.05) is 5.32 Å². The Hall–Kier alpha value is -3.46. The zero-order chi connectivity index (χ0) is 23.9. The van der Waals surface area contributed by atoms with E-state index in [0.29, 0.717) is 16.8 Å². The van der Waals surface area contributed by atoms with Gasteiger partial charge >= 0.3 is 0 Å². The van der Waals surface area contributed by atoms with Crippen LogP contribution in [0.25, 0.3) is 0 Å². The zero-order valence-electron chi connectivity index (χ0n) is 18.3. The number of rotatable bonds is 2. The second kappa shape index (κ2) is 6.77. The molecule has 8 nitrogen and oxygen atoms in total. The molecule has 2 fully saturated rings. The molecule has 3 aliphatic heterocycles. The number of imide groups is 1. The van der Waals surface area contributed by atoms with Gasteiger partial charge in [-0.15, -0.1) is 0 Å². The predicted molar refractivity (Wildman–Crippen MR) is 116 cm³/mol. The van der Waals surface area contributed by atoms with Crippen molar-refractivity contribution in [2.24, 2.45) is 11.8 Å². The topological polar surface area (TPSA) is 119 Å². The summed E-state index contributed by atoms with van der Waals surface area (Å²) in [6, 6.07) is 7.56. The molecule has 0 aromatic heterocycles. The summed E-state index contributed by atoms with van der Waals surface area (Å²) < 4.78 is 14.3. The fourth-order valence-corrected chi connectivity index (χ4v) is 5.56. The minimum Gasteiger partial charge on any atom is -0.504 e. The maximum Gasteiger partial charge on any atom is 0.250 e. The number of fused-ring (bicyclic) bond motifs is 4. The fraction of sp³-hybridized carbons (Fsp3) is 0.375. The van der Waals surface area contributed by atoms with Crippen LogP contribution < -0.4 is 10.6 Å². The Morgan fingerprint density at radius 1 is 1.03 bits per heavy atom. The van der Waals surface area contributed by atoms with Gasteiger partial charge in [-0.2, -0.15) is 0 Å². The summed E-state index contributed by atoms with van der Waals surface area (Å²) >= 11 is 0. The van der Waals surface area contributed by atoms with E-state index in [2.05, 4.69) is 10.6 Å². The van der Waals surface area contributed by atoms with Crippen molar-refractivity contribution in [1.29, 1.82) is 0 Å². The number of benzene rings is 2. The van der Waals surface area contributed by atoms with Crippen molar-refractivity contribution in [2.45, 2.75) is 44.3 Å². The first kappa shape index (κ1) is 21.4. The highest BCUT2D eigenvalue weighted by Crippen LogP contribution is 2.54. The molecule has 9 heteroatoms. The third kappa shape index (κ3) is 2.88. The summed E-state index contributed by atoms with van der Waals surface area (Å²) in [4.78, 5) is 41.8. The van der Waals surface area contributed by atoms with E-state index in [9.17, 15) is 29.0 Å². The van der Waals surface area contributed by atoms with Crippen LogP contribution in [0.2, 0.25) is 0 Å². The van der Waals surface area contributed by atoms with Gasteiger partial charge in [-0.3, -0.25) is 24.6 Å². The highest BCUT2D eigenvalue weighted by atomic mass is 19.1. The molecule has 0 radical (unpaired) electrons. The predicted octanol–water partition coefficient (Wildman–Crippen LogP) is 2.00. The molecule has 4 atom stereocenters. The second-order valence-corrected chi connectivity index (χ2v) is 9.92. The van der Waals surface area contributed by atoms with Gasteiger partial charge in [-0.25, -0.2) is 4.39 Å². The number of aromatic hydroxyl groups is 2. The lowest BCUT2D eigenvalue weighted by molar-refractivity contribution is -0.147. The van der Waals surface area contributed by atoms with Crippen LogP contribution >= 0.6 is 0 Å². The Morgan fingerprint density at radius 3 is 2.42 bits per heavy atom. The summed E-state index contributed by atoms with van der Waals surface area (Å²) in [5.41, 5.74) is -1.11. The van der Waals surface area contributed by atoms with Crippen LogP contribution in [0.15, 0.2) is 36.4 Å². The summed E-state index contributed by atoms with van der Waals surface area (Å²) in [6.45, 7) is 5.25. The molecular formula is C24H24FN3O5. The average molecular weight is 453 g/mol. The molecule has 0 aliphatic carbocycles. The first-order valence-corrected chi connectivity index (χ1v) is 10.7. The lowest BCUT2D eigenvalue weighted by atomic mass is 9.76. The molecule has 1 spiro atoms. The Balaban J connectivity index is 1.66. The van der Waals surface area contributed by atoms with Crippen LogP contribution in [-0.4, -0.2) is 44.4 Å². The third-order valence-corrected chi connectivity index (χ3v) is 6.84. The van der Waals surface area contributed by atoms with E-state index in [4.69, 9.17) is 0 Å². The number of likely N-dealkylation sites (tertiary alicyclic amines) is 1. The van der Waals surface area contributed by atoms with Gasteiger partial charge < -0.3 is 15.5 Å². The van der Waals surface area contributed by atoms with Crippen molar-refractivity contribution in [3.8, 4) is 11.5 Å². The van der Waals surface area contributed by atoms with Crippen LogP contribution in [0.3, 0.4) is 0 Å². The molecular weight excluding hydrogens is 429 g/mol. The van der Waals surface area contributed by atoms with Gasteiger partial charge in [0.2, 0.25) is 17.7 Å². The summed E-state index contributed by atoms with van der Waals surface area (Å²) in [5, 5.41) is 25.5. The number of hydrogen-bond donors (Lipinski definition) is 4. The SMILES string of the molecule is CC(C)(C)N1C(=O)[C@H]2[C@@H](C1=O)[C@@]1(N[C@@H]2Cc2ccc(O)c(O)c2)C(=O)Nc2ccc(F)cc21. The molecule has 0 saturated carbocycles. The van der Waals surface area contributed by atoms with Gasteiger partial charge in [-0.1, -0.05) is 6.07 Å². The fourth-order valence-electron chi connectivity index (χ4n) is 5.56. The van der Waals surface area contributed by atoms with Gasteiger partial charge in [0, 0.05) is 22.8 Å². The highest BCUT2D eigenvalue weighted by Gasteiger charge is 2.71. The van der Waals surface area contributed by atoms with E-state index >= 15 is 0 Å². The molecule has 5 rings (SSSR count). The Kier molecular flexibility index (Phi) is 4.39. The first-order valence-electron chi connectivity index (χ1n) is 10.7. The maximum absolute atomic E-state index is 14.3. The van der Waals surface area contributed by atoms with Crippen molar-refractivity contribution in [3.05, 3.63) is 53.3 Å². The molecule has 0 bridgehead atoms. The molecule has 0 unspecified atom stereocenters. The molecule has 3 heterocycles. The average Bonchev–Trinajstić information content (AvgIpc) is 3.29. The van der Waals surface area contributed by atoms with E-state index < -0.39 is 52.5 Å². The van der Waals surface area contributed by atoms with Crippen LogP contribution in [0, 0.1) is 17.7 Å². The van der Waals surface area contributed by atoms with E-state index in [1.54, 1.807) is 26.8 Å². The van der Waals surface area contributed by atoms with Gasteiger partial charge in [0.25, 0.3) is 0 Å². The number of phenolic OH excluding ortho intramolecular Hbond substituents is 2. The Morgan fingerprint density at radius 2 is 1.76 bits per heavy atom. The van der Waals surface area contributed by atoms with E-state index in [1.165, 1.54) is 35.2 Å². The normalized spacial score (nSPS) is 28.4. The standard InChI is InChI=1S/C24H24FN3O5/c1-23(2,3)28-20(31)18-15(8-11-4-7-16(29)17(30)9-11)27-24(19(18)21(28)32)13-10-12(25)5-6-14(13)26-22(24)33/h4-7,9-10,15,18-19,27,29-30H,8H2,1-3H3,(H,26,33)/t15-,18-,19+,24-/m1/s1. The molecule has 33 heavy (non-hydrogen) atoms. The summed E-state index contributed by atoms with van der Waals surface area (Å²) in [6.07, 6.45) is 0.200. The quantitative estimate of drug-likeness (QED) is 0.408. The van der Waals surface area contributed by atoms with Crippen molar-refractivity contribution < 1.29 is 29.0 Å². The molecule has 2 aromatic carbocycles. The maximum atomic E-state index is 14.3. The molecule has 2 saturated heterocycles. The number of anilines is 1. The monoisotopic (exact) mass is 453 g/mol. The van der Waals surface area contributed by atoms with Gasteiger partial charge in [0.15, 0.2) is 11.5 Å². The number of halogens is 1. The molecule has 4 N–H and O–H groups in total. The summed E-state index contributed by atoms with van der Waals surface area (Å²) in [7, 11) is 0. The van der Waals surface area contributed by atoms with E-state index in [0.717, 1.165) is 0 Å². The number of nitrogens with one attached hydrogen (secondary N) is 2. The lowest BCUT2D eigenvalue weighted by Gasteiger charge is -2.34. The largest absolute Gasteiger partial charge is 0.504 e.